The van der Waals surface area contributed by atoms with Crippen molar-refractivity contribution in [1.82, 2.24) is 5.43 Å². The summed E-state index contributed by atoms with van der Waals surface area (Å²) in [6.45, 7) is 0.437. The molecule has 1 aromatic rings. The molecule has 0 saturated heterocycles. The second kappa shape index (κ2) is 5.86. The zero-order valence-corrected chi connectivity index (χ0v) is 8.89. The molecule has 0 bridgehead atoms. The van der Waals surface area contributed by atoms with Crippen LogP contribution in [0, 0.1) is 0 Å². The summed E-state index contributed by atoms with van der Waals surface area (Å²) in [4.78, 5) is 0. The lowest BCUT2D eigenvalue weighted by molar-refractivity contribution is 0.294. The van der Waals surface area contributed by atoms with Crippen molar-refractivity contribution in [3.05, 3.63) is 33.8 Å². The first-order valence-electron chi connectivity index (χ1n) is 4.06. The number of rotatable bonds is 4. The number of aliphatic hydroxyl groups excluding tert-OH is 1. The molecule has 0 amide bonds. The number of halogens is 2. The Kier molecular flexibility index (Phi) is 4.73. The molecule has 3 nitrogen and oxygen atoms in total. The van der Waals surface area contributed by atoms with E-state index in [0.717, 1.165) is 0 Å². The molecule has 1 rings (SSSR count). The van der Waals surface area contributed by atoms with E-state index < -0.39 is 0 Å². The number of benzene rings is 1. The van der Waals surface area contributed by atoms with E-state index in [1.54, 1.807) is 18.2 Å². The largest absolute Gasteiger partial charge is 0.394 e. The van der Waals surface area contributed by atoms with Gasteiger partial charge in [0.2, 0.25) is 0 Å². The Morgan fingerprint density at radius 1 is 1.36 bits per heavy atom. The van der Waals surface area contributed by atoms with Crippen LogP contribution in [0.3, 0.4) is 0 Å². The van der Waals surface area contributed by atoms with Crippen molar-refractivity contribution in [3.8, 4) is 0 Å². The van der Waals surface area contributed by atoms with Crippen LogP contribution < -0.4 is 5.43 Å². The topological polar surface area (TPSA) is 44.6 Å². The lowest BCUT2D eigenvalue weighted by Gasteiger charge is -2.00. The Labute approximate surface area is 92.3 Å². The average Bonchev–Trinajstić information content (AvgIpc) is 2.16. The van der Waals surface area contributed by atoms with Crippen molar-refractivity contribution in [2.45, 2.75) is 0 Å². The third-order valence-corrected chi connectivity index (χ3v) is 2.17. The predicted molar refractivity (Wildman–Crippen MR) is 59.1 cm³/mol. The van der Waals surface area contributed by atoms with Crippen molar-refractivity contribution in [2.24, 2.45) is 5.10 Å². The van der Waals surface area contributed by atoms with Gasteiger partial charge >= 0.3 is 0 Å². The second-order valence-corrected chi connectivity index (χ2v) is 3.34. The molecule has 76 valence electrons. The van der Waals surface area contributed by atoms with Crippen molar-refractivity contribution >= 4 is 29.4 Å². The summed E-state index contributed by atoms with van der Waals surface area (Å²) in [5, 5.41) is 13.4. The number of hydrogen-bond donors (Lipinski definition) is 2. The quantitative estimate of drug-likeness (QED) is 0.474. The highest BCUT2D eigenvalue weighted by Crippen LogP contribution is 2.21. The van der Waals surface area contributed by atoms with Crippen LogP contribution in [0.4, 0.5) is 0 Å². The molecule has 0 unspecified atom stereocenters. The molecule has 0 aliphatic carbocycles. The number of hydrogen-bond acceptors (Lipinski definition) is 3. The van der Waals surface area contributed by atoms with Crippen LogP contribution in [0.5, 0.6) is 0 Å². The normalized spacial score (nSPS) is 10.8. The van der Waals surface area contributed by atoms with E-state index in [1.807, 2.05) is 0 Å². The minimum absolute atomic E-state index is 0.0353. The van der Waals surface area contributed by atoms with Gasteiger partial charge in [0.15, 0.2) is 0 Å². The van der Waals surface area contributed by atoms with Crippen LogP contribution in [-0.4, -0.2) is 24.5 Å². The Morgan fingerprint density at radius 2 is 2.00 bits per heavy atom. The first kappa shape index (κ1) is 11.3. The zero-order valence-electron chi connectivity index (χ0n) is 7.37. The monoisotopic (exact) mass is 232 g/mol. The summed E-state index contributed by atoms with van der Waals surface area (Å²) in [6.07, 6.45) is 1.53. The maximum absolute atomic E-state index is 8.48. The van der Waals surface area contributed by atoms with Gasteiger partial charge in [0, 0.05) is 5.56 Å². The molecule has 0 saturated carbocycles. The third-order valence-electron chi connectivity index (χ3n) is 1.51. The van der Waals surface area contributed by atoms with E-state index in [9.17, 15) is 0 Å². The van der Waals surface area contributed by atoms with Crippen molar-refractivity contribution in [1.29, 1.82) is 0 Å². The van der Waals surface area contributed by atoms with Gasteiger partial charge in [0.05, 0.1) is 29.4 Å². The summed E-state index contributed by atoms with van der Waals surface area (Å²) >= 11 is 11.8. The lowest BCUT2D eigenvalue weighted by atomic mass is 10.2. The highest BCUT2D eigenvalue weighted by atomic mass is 35.5. The minimum Gasteiger partial charge on any atom is -0.394 e. The lowest BCUT2D eigenvalue weighted by Crippen LogP contribution is -2.11. The Hall–Kier alpha value is -0.770. The summed E-state index contributed by atoms with van der Waals surface area (Å²) in [5.74, 6) is 0. The van der Waals surface area contributed by atoms with E-state index in [1.165, 1.54) is 6.21 Å². The molecule has 0 radical (unpaired) electrons. The summed E-state index contributed by atoms with van der Waals surface area (Å²) < 4.78 is 0. The van der Waals surface area contributed by atoms with E-state index in [0.29, 0.717) is 22.2 Å². The van der Waals surface area contributed by atoms with Gasteiger partial charge in [-0.3, -0.25) is 0 Å². The van der Waals surface area contributed by atoms with Crippen LogP contribution in [0.1, 0.15) is 5.56 Å². The predicted octanol–water partition coefficient (Wildman–Crippen LogP) is 1.91. The molecule has 0 aromatic heterocycles. The van der Waals surface area contributed by atoms with Gasteiger partial charge in [-0.15, -0.1) is 0 Å². The molecule has 0 fully saturated rings. The molecule has 0 spiro atoms. The molecule has 0 heterocycles. The molecule has 0 atom stereocenters. The Balaban J connectivity index is 2.70. The van der Waals surface area contributed by atoms with Gasteiger partial charge in [0.25, 0.3) is 0 Å². The summed E-state index contributed by atoms with van der Waals surface area (Å²) in [5.41, 5.74) is 3.31. The Morgan fingerprint density at radius 3 is 2.57 bits per heavy atom. The maximum Gasteiger partial charge on any atom is 0.0620 e. The van der Waals surface area contributed by atoms with Crippen LogP contribution in [0.25, 0.3) is 0 Å². The second-order valence-electron chi connectivity index (χ2n) is 2.53. The standard InChI is InChI=1S/C9H10Cl2N2O/c10-8-2-1-3-9(11)7(8)6-13-12-4-5-14/h1-3,6,12,14H,4-5H2. The fourth-order valence-electron chi connectivity index (χ4n) is 0.859. The first-order chi connectivity index (χ1) is 6.75. The van der Waals surface area contributed by atoms with Crippen LogP contribution >= 0.6 is 23.2 Å². The van der Waals surface area contributed by atoms with Gasteiger partial charge in [-0.1, -0.05) is 29.3 Å². The van der Waals surface area contributed by atoms with Gasteiger partial charge in [0.1, 0.15) is 0 Å². The number of nitrogens with one attached hydrogen (secondary N) is 1. The van der Waals surface area contributed by atoms with Crippen molar-refractivity contribution in [2.75, 3.05) is 13.2 Å². The highest BCUT2D eigenvalue weighted by Gasteiger charge is 2.01. The van der Waals surface area contributed by atoms with Gasteiger partial charge in [-0.05, 0) is 12.1 Å². The van der Waals surface area contributed by atoms with E-state index in [2.05, 4.69) is 10.5 Å². The zero-order chi connectivity index (χ0) is 10.4. The number of hydrazone groups is 1. The smallest absolute Gasteiger partial charge is 0.0620 e. The molecule has 2 N–H and O–H groups in total. The van der Waals surface area contributed by atoms with E-state index >= 15 is 0 Å². The molecule has 0 aliphatic heterocycles. The molecule has 14 heavy (non-hydrogen) atoms. The van der Waals surface area contributed by atoms with Crippen molar-refractivity contribution < 1.29 is 5.11 Å². The maximum atomic E-state index is 8.48. The van der Waals surface area contributed by atoms with Gasteiger partial charge in [-0.2, -0.15) is 5.10 Å². The molecular formula is C9H10Cl2N2O. The molecule has 5 heteroatoms. The van der Waals surface area contributed by atoms with Crippen LogP contribution in [0.15, 0.2) is 23.3 Å². The van der Waals surface area contributed by atoms with Crippen LogP contribution in [0.2, 0.25) is 10.0 Å². The average molecular weight is 233 g/mol. The fourth-order valence-corrected chi connectivity index (χ4v) is 1.35. The number of nitrogens with zero attached hydrogens (tertiary/aromatic N) is 1. The van der Waals surface area contributed by atoms with E-state index in [-0.39, 0.29) is 6.61 Å². The summed E-state index contributed by atoms with van der Waals surface area (Å²) in [7, 11) is 0. The minimum atomic E-state index is 0.0353. The SMILES string of the molecule is OCCNN=Cc1c(Cl)cccc1Cl. The molecule has 0 aliphatic rings. The van der Waals surface area contributed by atoms with Gasteiger partial charge in [-0.25, -0.2) is 0 Å². The fraction of sp³-hybridized carbons (Fsp3) is 0.222. The van der Waals surface area contributed by atoms with Crippen LogP contribution in [-0.2, 0) is 0 Å². The highest BCUT2D eigenvalue weighted by molar-refractivity contribution is 6.38. The number of aliphatic hydroxyl groups is 1. The van der Waals surface area contributed by atoms with E-state index in [4.69, 9.17) is 28.3 Å². The molecular weight excluding hydrogens is 223 g/mol. The summed E-state index contributed by atoms with van der Waals surface area (Å²) in [6, 6.07) is 5.24. The van der Waals surface area contributed by atoms with Gasteiger partial charge < -0.3 is 10.5 Å². The van der Waals surface area contributed by atoms with Crippen molar-refractivity contribution in [3.63, 3.8) is 0 Å². The first-order valence-corrected chi connectivity index (χ1v) is 4.82. The molecule has 1 aromatic carbocycles. The Bertz CT molecular complexity index is 308. The third kappa shape index (κ3) is 3.18.